The highest BCUT2D eigenvalue weighted by atomic mass is 19.1. The van der Waals surface area contributed by atoms with Gasteiger partial charge in [-0.25, -0.2) is 4.39 Å². The SMILES string of the molecule is COc1cc(CC2CCNCC2)c(F)c(OC)c1. The second-order valence-electron chi connectivity index (χ2n) is 4.70. The fourth-order valence-corrected chi connectivity index (χ4v) is 2.44. The van der Waals surface area contributed by atoms with Crippen LogP contribution in [0.3, 0.4) is 0 Å². The molecule has 1 aliphatic rings. The van der Waals surface area contributed by atoms with Crippen molar-refractivity contribution in [3.8, 4) is 11.5 Å². The summed E-state index contributed by atoms with van der Waals surface area (Å²) in [6.07, 6.45) is 2.94. The smallest absolute Gasteiger partial charge is 0.168 e. The van der Waals surface area contributed by atoms with E-state index in [1.54, 1.807) is 19.2 Å². The van der Waals surface area contributed by atoms with Crippen molar-refractivity contribution in [1.29, 1.82) is 0 Å². The van der Waals surface area contributed by atoms with Crippen molar-refractivity contribution in [2.45, 2.75) is 19.3 Å². The van der Waals surface area contributed by atoms with Crippen molar-refractivity contribution in [2.75, 3.05) is 27.3 Å². The van der Waals surface area contributed by atoms with Crippen LogP contribution in [0.1, 0.15) is 18.4 Å². The quantitative estimate of drug-likeness (QED) is 0.893. The summed E-state index contributed by atoms with van der Waals surface area (Å²) in [6, 6.07) is 3.36. The van der Waals surface area contributed by atoms with Gasteiger partial charge in [-0.2, -0.15) is 0 Å². The molecule has 0 bridgehead atoms. The summed E-state index contributed by atoms with van der Waals surface area (Å²) in [5.41, 5.74) is 0.693. The molecule has 4 heteroatoms. The first-order valence-corrected chi connectivity index (χ1v) is 6.35. The molecule has 1 aromatic rings. The molecule has 100 valence electrons. The molecule has 0 aromatic heterocycles. The molecule has 0 unspecified atom stereocenters. The van der Waals surface area contributed by atoms with Crippen molar-refractivity contribution in [3.05, 3.63) is 23.5 Å². The number of halogens is 1. The van der Waals surface area contributed by atoms with Gasteiger partial charge >= 0.3 is 0 Å². The normalized spacial score (nSPS) is 16.6. The van der Waals surface area contributed by atoms with E-state index in [4.69, 9.17) is 9.47 Å². The molecule has 1 aliphatic heterocycles. The minimum atomic E-state index is -0.253. The maximum absolute atomic E-state index is 14.1. The number of benzene rings is 1. The van der Waals surface area contributed by atoms with Crippen LogP contribution in [0.2, 0.25) is 0 Å². The Balaban J connectivity index is 2.19. The standard InChI is InChI=1S/C14H20FNO2/c1-17-12-8-11(14(15)13(9-12)18-2)7-10-3-5-16-6-4-10/h8-10,16H,3-7H2,1-2H3. The van der Waals surface area contributed by atoms with Crippen LogP contribution in [0.4, 0.5) is 4.39 Å². The maximum Gasteiger partial charge on any atom is 0.168 e. The van der Waals surface area contributed by atoms with E-state index in [0.717, 1.165) is 32.4 Å². The number of ether oxygens (including phenoxy) is 2. The molecular weight excluding hydrogens is 233 g/mol. The Bertz CT molecular complexity index is 403. The summed E-state index contributed by atoms with van der Waals surface area (Å²) in [5, 5.41) is 3.32. The minimum Gasteiger partial charge on any atom is -0.497 e. The van der Waals surface area contributed by atoms with Gasteiger partial charge in [0, 0.05) is 6.07 Å². The Kier molecular flexibility index (Phi) is 4.42. The van der Waals surface area contributed by atoms with E-state index < -0.39 is 0 Å². The number of nitrogens with one attached hydrogen (secondary N) is 1. The number of rotatable bonds is 4. The summed E-state index contributed by atoms with van der Waals surface area (Å²) in [5.74, 6) is 1.20. The molecule has 18 heavy (non-hydrogen) atoms. The Morgan fingerprint density at radius 1 is 1.22 bits per heavy atom. The average molecular weight is 253 g/mol. The van der Waals surface area contributed by atoms with E-state index in [1.807, 2.05) is 0 Å². The fraction of sp³-hybridized carbons (Fsp3) is 0.571. The van der Waals surface area contributed by atoms with Gasteiger partial charge in [-0.3, -0.25) is 0 Å². The van der Waals surface area contributed by atoms with Gasteiger partial charge in [-0.05, 0) is 49.9 Å². The molecule has 0 spiro atoms. The van der Waals surface area contributed by atoms with Crippen LogP contribution in [0, 0.1) is 11.7 Å². The van der Waals surface area contributed by atoms with E-state index in [2.05, 4.69) is 5.32 Å². The molecule has 0 aliphatic carbocycles. The molecular formula is C14H20FNO2. The molecule has 0 radical (unpaired) electrons. The van der Waals surface area contributed by atoms with Gasteiger partial charge in [0.05, 0.1) is 14.2 Å². The van der Waals surface area contributed by atoms with E-state index in [1.165, 1.54) is 7.11 Å². The predicted molar refractivity (Wildman–Crippen MR) is 68.8 cm³/mol. The lowest BCUT2D eigenvalue weighted by Crippen LogP contribution is -2.28. The first-order chi connectivity index (χ1) is 8.74. The highest BCUT2D eigenvalue weighted by molar-refractivity contribution is 5.40. The van der Waals surface area contributed by atoms with Crippen LogP contribution in [0.5, 0.6) is 11.5 Å². The second kappa shape index (κ2) is 6.05. The lowest BCUT2D eigenvalue weighted by molar-refractivity contribution is 0.352. The number of piperidine rings is 1. The van der Waals surface area contributed by atoms with E-state index in [9.17, 15) is 4.39 Å². The average Bonchev–Trinajstić information content (AvgIpc) is 2.42. The summed E-state index contributed by atoms with van der Waals surface area (Å²) in [6.45, 7) is 2.04. The van der Waals surface area contributed by atoms with Crippen LogP contribution in [-0.4, -0.2) is 27.3 Å². The van der Waals surface area contributed by atoms with Gasteiger partial charge in [0.2, 0.25) is 0 Å². The largest absolute Gasteiger partial charge is 0.497 e. The summed E-state index contributed by atoms with van der Waals surface area (Å²) in [4.78, 5) is 0. The molecule has 1 aromatic carbocycles. The number of methoxy groups -OCH3 is 2. The van der Waals surface area contributed by atoms with Gasteiger partial charge in [0.25, 0.3) is 0 Å². The highest BCUT2D eigenvalue weighted by Gasteiger charge is 2.18. The van der Waals surface area contributed by atoms with Crippen molar-refractivity contribution < 1.29 is 13.9 Å². The summed E-state index contributed by atoms with van der Waals surface area (Å²) in [7, 11) is 3.06. The molecule has 0 atom stereocenters. The van der Waals surface area contributed by atoms with Crippen LogP contribution < -0.4 is 14.8 Å². The van der Waals surface area contributed by atoms with Crippen LogP contribution in [-0.2, 0) is 6.42 Å². The Morgan fingerprint density at radius 2 is 1.94 bits per heavy atom. The van der Waals surface area contributed by atoms with Crippen molar-refractivity contribution >= 4 is 0 Å². The van der Waals surface area contributed by atoms with Gasteiger partial charge < -0.3 is 14.8 Å². The molecule has 0 amide bonds. The Morgan fingerprint density at radius 3 is 2.56 bits per heavy atom. The predicted octanol–water partition coefficient (Wildman–Crippen LogP) is 2.39. The zero-order chi connectivity index (χ0) is 13.0. The second-order valence-corrected chi connectivity index (χ2v) is 4.70. The Hall–Kier alpha value is -1.29. The third kappa shape index (κ3) is 2.93. The van der Waals surface area contributed by atoms with E-state index in [-0.39, 0.29) is 11.6 Å². The monoisotopic (exact) mass is 253 g/mol. The molecule has 1 saturated heterocycles. The Labute approximate surface area is 107 Å². The molecule has 1 fully saturated rings. The first-order valence-electron chi connectivity index (χ1n) is 6.35. The lowest BCUT2D eigenvalue weighted by atomic mass is 9.90. The molecule has 1 heterocycles. The number of hydrogen-bond donors (Lipinski definition) is 1. The zero-order valence-corrected chi connectivity index (χ0v) is 11.0. The van der Waals surface area contributed by atoms with Gasteiger partial charge in [0.1, 0.15) is 5.75 Å². The van der Waals surface area contributed by atoms with Crippen LogP contribution in [0.15, 0.2) is 12.1 Å². The molecule has 1 N–H and O–H groups in total. The van der Waals surface area contributed by atoms with Crippen molar-refractivity contribution in [3.63, 3.8) is 0 Å². The third-order valence-electron chi connectivity index (χ3n) is 3.51. The summed E-state index contributed by atoms with van der Waals surface area (Å²) >= 11 is 0. The van der Waals surface area contributed by atoms with Gasteiger partial charge in [0.15, 0.2) is 11.6 Å². The van der Waals surface area contributed by atoms with Crippen molar-refractivity contribution in [1.82, 2.24) is 5.32 Å². The van der Waals surface area contributed by atoms with E-state index >= 15 is 0 Å². The first kappa shape index (κ1) is 13.1. The van der Waals surface area contributed by atoms with E-state index in [0.29, 0.717) is 17.2 Å². The van der Waals surface area contributed by atoms with Gasteiger partial charge in [-0.15, -0.1) is 0 Å². The van der Waals surface area contributed by atoms with Crippen LogP contribution >= 0.6 is 0 Å². The zero-order valence-electron chi connectivity index (χ0n) is 11.0. The molecule has 0 saturated carbocycles. The van der Waals surface area contributed by atoms with Crippen molar-refractivity contribution in [2.24, 2.45) is 5.92 Å². The minimum absolute atomic E-state index is 0.253. The summed E-state index contributed by atoms with van der Waals surface area (Å²) < 4.78 is 24.4. The number of hydrogen-bond acceptors (Lipinski definition) is 3. The topological polar surface area (TPSA) is 30.5 Å². The molecule has 2 rings (SSSR count). The third-order valence-corrected chi connectivity index (χ3v) is 3.51. The fourth-order valence-electron chi connectivity index (χ4n) is 2.44. The highest BCUT2D eigenvalue weighted by Crippen LogP contribution is 2.30. The lowest BCUT2D eigenvalue weighted by Gasteiger charge is -2.23. The maximum atomic E-state index is 14.1. The molecule has 3 nitrogen and oxygen atoms in total. The van der Waals surface area contributed by atoms with Gasteiger partial charge in [-0.1, -0.05) is 0 Å². The van der Waals surface area contributed by atoms with Crippen LogP contribution in [0.25, 0.3) is 0 Å².